The second kappa shape index (κ2) is 7.67. The lowest BCUT2D eigenvalue weighted by Crippen LogP contribution is -2.34. The van der Waals surface area contributed by atoms with E-state index in [-0.39, 0.29) is 12.5 Å². The minimum absolute atomic E-state index is 0.0278. The van der Waals surface area contributed by atoms with Crippen LogP contribution in [-0.2, 0) is 4.79 Å². The van der Waals surface area contributed by atoms with Gasteiger partial charge in [-0.2, -0.15) is 0 Å². The van der Waals surface area contributed by atoms with E-state index in [1.807, 2.05) is 25.1 Å². The van der Waals surface area contributed by atoms with Gasteiger partial charge in [0.05, 0.1) is 6.61 Å². The van der Waals surface area contributed by atoms with Gasteiger partial charge in [0.15, 0.2) is 18.1 Å². The van der Waals surface area contributed by atoms with Crippen molar-refractivity contribution >= 4 is 5.91 Å². The number of hydrogen-bond donors (Lipinski definition) is 0. The van der Waals surface area contributed by atoms with E-state index in [1.54, 1.807) is 18.0 Å². The van der Waals surface area contributed by atoms with Crippen LogP contribution in [0.4, 0.5) is 0 Å². The molecule has 1 aromatic rings. The number of carbonyl (C=O) groups is 1. The van der Waals surface area contributed by atoms with Crippen LogP contribution in [0, 0.1) is 5.92 Å². The van der Waals surface area contributed by atoms with Gasteiger partial charge in [0.25, 0.3) is 5.91 Å². The van der Waals surface area contributed by atoms with E-state index in [4.69, 9.17) is 9.47 Å². The number of likely N-dealkylation sites (N-methyl/N-ethyl adjacent to an activating group) is 1. The lowest BCUT2D eigenvalue weighted by Gasteiger charge is -2.20. The van der Waals surface area contributed by atoms with Crippen LogP contribution in [0.3, 0.4) is 0 Å². The minimum atomic E-state index is -0.0278. The van der Waals surface area contributed by atoms with Gasteiger partial charge in [-0.15, -0.1) is 0 Å². The molecule has 4 heteroatoms. The van der Waals surface area contributed by atoms with Crippen LogP contribution in [0.15, 0.2) is 24.3 Å². The molecule has 19 heavy (non-hydrogen) atoms. The molecule has 0 saturated carbocycles. The Kier molecular flexibility index (Phi) is 6.19. The first-order valence-corrected chi connectivity index (χ1v) is 6.63. The molecule has 0 aliphatic carbocycles. The monoisotopic (exact) mass is 265 g/mol. The fraction of sp³-hybridized carbons (Fsp3) is 0.533. The molecule has 0 radical (unpaired) electrons. The average molecular weight is 265 g/mol. The predicted molar refractivity (Wildman–Crippen MR) is 75.6 cm³/mol. The second-order valence-electron chi connectivity index (χ2n) is 4.84. The van der Waals surface area contributed by atoms with Gasteiger partial charge < -0.3 is 14.4 Å². The molecule has 0 spiro atoms. The van der Waals surface area contributed by atoms with Crippen molar-refractivity contribution < 1.29 is 14.3 Å². The molecule has 1 rings (SSSR count). The Morgan fingerprint density at radius 1 is 1.21 bits per heavy atom. The van der Waals surface area contributed by atoms with Crippen LogP contribution in [0.1, 0.15) is 20.8 Å². The Morgan fingerprint density at radius 3 is 2.32 bits per heavy atom. The molecule has 0 heterocycles. The molecular weight excluding hydrogens is 242 g/mol. The Bertz CT molecular complexity index is 404. The zero-order valence-corrected chi connectivity index (χ0v) is 12.2. The third-order valence-corrected chi connectivity index (χ3v) is 2.56. The predicted octanol–water partition coefficient (Wildman–Crippen LogP) is 2.58. The quantitative estimate of drug-likeness (QED) is 0.760. The Morgan fingerprint density at radius 2 is 1.79 bits per heavy atom. The summed E-state index contributed by atoms with van der Waals surface area (Å²) in [5.74, 6) is 1.70. The van der Waals surface area contributed by atoms with Crippen molar-refractivity contribution in [1.82, 2.24) is 4.90 Å². The molecule has 0 saturated heterocycles. The van der Waals surface area contributed by atoms with Gasteiger partial charge in [0.1, 0.15) is 0 Å². The summed E-state index contributed by atoms with van der Waals surface area (Å²) >= 11 is 0. The van der Waals surface area contributed by atoms with Gasteiger partial charge in [0, 0.05) is 13.6 Å². The van der Waals surface area contributed by atoms with Crippen LogP contribution >= 0.6 is 0 Å². The topological polar surface area (TPSA) is 38.8 Å². The molecule has 0 fully saturated rings. The summed E-state index contributed by atoms with van der Waals surface area (Å²) in [5.41, 5.74) is 0. The summed E-state index contributed by atoms with van der Waals surface area (Å²) in [6.45, 7) is 7.41. The number of nitrogens with zero attached hydrogens (tertiary/aromatic N) is 1. The Labute approximate surface area is 115 Å². The summed E-state index contributed by atoms with van der Waals surface area (Å²) < 4.78 is 11.0. The number of para-hydroxylation sites is 2. The van der Waals surface area contributed by atoms with Gasteiger partial charge in [-0.1, -0.05) is 26.0 Å². The van der Waals surface area contributed by atoms with E-state index in [0.29, 0.717) is 24.0 Å². The van der Waals surface area contributed by atoms with Crippen molar-refractivity contribution in [3.05, 3.63) is 24.3 Å². The van der Waals surface area contributed by atoms with E-state index >= 15 is 0 Å². The summed E-state index contributed by atoms with van der Waals surface area (Å²) in [4.78, 5) is 13.6. The number of ether oxygens (including phenoxy) is 2. The molecular formula is C15H23NO3. The number of carbonyl (C=O) groups excluding carboxylic acids is 1. The molecule has 0 N–H and O–H groups in total. The fourth-order valence-electron chi connectivity index (χ4n) is 1.74. The van der Waals surface area contributed by atoms with Gasteiger partial charge in [-0.05, 0) is 25.0 Å². The van der Waals surface area contributed by atoms with E-state index in [0.717, 1.165) is 6.54 Å². The minimum Gasteiger partial charge on any atom is -0.490 e. The molecule has 4 nitrogen and oxygen atoms in total. The highest BCUT2D eigenvalue weighted by Crippen LogP contribution is 2.26. The van der Waals surface area contributed by atoms with E-state index in [9.17, 15) is 4.79 Å². The maximum Gasteiger partial charge on any atom is 0.260 e. The van der Waals surface area contributed by atoms with Crippen molar-refractivity contribution in [2.24, 2.45) is 5.92 Å². The highest BCUT2D eigenvalue weighted by Gasteiger charge is 2.12. The third kappa shape index (κ3) is 5.20. The number of hydrogen-bond acceptors (Lipinski definition) is 3. The Balaban J connectivity index is 2.54. The second-order valence-corrected chi connectivity index (χ2v) is 4.84. The largest absolute Gasteiger partial charge is 0.490 e. The van der Waals surface area contributed by atoms with Crippen LogP contribution in [0.5, 0.6) is 11.5 Å². The van der Waals surface area contributed by atoms with Crippen LogP contribution in [0.25, 0.3) is 0 Å². The number of benzene rings is 1. The lowest BCUT2D eigenvalue weighted by atomic mass is 10.2. The first-order valence-electron chi connectivity index (χ1n) is 6.63. The van der Waals surface area contributed by atoms with Gasteiger partial charge in [-0.25, -0.2) is 0 Å². The molecule has 1 aromatic carbocycles. The number of amides is 1. The van der Waals surface area contributed by atoms with Crippen LogP contribution in [-0.4, -0.2) is 37.6 Å². The normalized spacial score (nSPS) is 10.4. The maximum atomic E-state index is 11.9. The fourth-order valence-corrected chi connectivity index (χ4v) is 1.74. The van der Waals surface area contributed by atoms with Crippen molar-refractivity contribution in [2.75, 3.05) is 26.8 Å². The molecule has 0 aliphatic heterocycles. The molecule has 0 atom stereocenters. The third-order valence-electron chi connectivity index (χ3n) is 2.56. The molecule has 0 bridgehead atoms. The summed E-state index contributed by atoms with van der Waals surface area (Å²) in [6, 6.07) is 7.38. The van der Waals surface area contributed by atoms with Gasteiger partial charge >= 0.3 is 0 Å². The zero-order chi connectivity index (χ0) is 14.3. The van der Waals surface area contributed by atoms with Crippen molar-refractivity contribution in [3.63, 3.8) is 0 Å². The maximum absolute atomic E-state index is 11.9. The van der Waals surface area contributed by atoms with Crippen LogP contribution in [0.2, 0.25) is 0 Å². The lowest BCUT2D eigenvalue weighted by molar-refractivity contribution is -0.132. The van der Waals surface area contributed by atoms with Gasteiger partial charge in [-0.3, -0.25) is 4.79 Å². The SMILES string of the molecule is CCOc1ccccc1OCC(=O)N(C)CC(C)C. The standard InChI is InChI=1S/C15H23NO3/c1-5-18-13-8-6-7-9-14(13)19-11-15(17)16(4)10-12(2)3/h6-9,12H,5,10-11H2,1-4H3. The molecule has 0 aromatic heterocycles. The molecule has 0 unspecified atom stereocenters. The van der Waals surface area contributed by atoms with E-state index in [1.165, 1.54) is 0 Å². The number of rotatable bonds is 7. The van der Waals surface area contributed by atoms with E-state index < -0.39 is 0 Å². The van der Waals surface area contributed by atoms with Crippen molar-refractivity contribution in [1.29, 1.82) is 0 Å². The summed E-state index contributed by atoms with van der Waals surface area (Å²) in [5, 5.41) is 0. The zero-order valence-electron chi connectivity index (χ0n) is 12.2. The first kappa shape index (κ1) is 15.3. The van der Waals surface area contributed by atoms with Crippen molar-refractivity contribution in [2.45, 2.75) is 20.8 Å². The highest BCUT2D eigenvalue weighted by molar-refractivity contribution is 5.77. The average Bonchev–Trinajstić information content (AvgIpc) is 2.37. The van der Waals surface area contributed by atoms with Gasteiger partial charge in [0.2, 0.25) is 0 Å². The van der Waals surface area contributed by atoms with E-state index in [2.05, 4.69) is 13.8 Å². The molecule has 106 valence electrons. The first-order chi connectivity index (χ1) is 9.04. The summed E-state index contributed by atoms with van der Waals surface area (Å²) in [7, 11) is 1.79. The van der Waals surface area contributed by atoms with Crippen LogP contribution < -0.4 is 9.47 Å². The molecule has 0 aliphatic rings. The molecule has 1 amide bonds. The van der Waals surface area contributed by atoms with Crippen molar-refractivity contribution in [3.8, 4) is 11.5 Å². The Hall–Kier alpha value is -1.71. The smallest absolute Gasteiger partial charge is 0.260 e. The highest BCUT2D eigenvalue weighted by atomic mass is 16.5. The summed E-state index contributed by atoms with van der Waals surface area (Å²) in [6.07, 6.45) is 0.